The van der Waals surface area contributed by atoms with Gasteiger partial charge in [-0.05, 0) is 67.3 Å². The summed E-state index contributed by atoms with van der Waals surface area (Å²) in [4.78, 5) is 11.6. The number of aromatic nitrogens is 3. The Labute approximate surface area is 201 Å². The van der Waals surface area contributed by atoms with E-state index in [1.165, 1.54) is 31.2 Å². The lowest BCUT2D eigenvalue weighted by Gasteiger charge is -2.39. The number of imidazole rings is 1. The number of aryl methyl sites for hydroxylation is 1. The monoisotopic (exact) mass is 458 g/mol. The molecule has 1 saturated heterocycles. The summed E-state index contributed by atoms with van der Waals surface area (Å²) in [6.45, 7) is 9.84. The van der Waals surface area contributed by atoms with Crippen molar-refractivity contribution < 1.29 is 4.74 Å². The van der Waals surface area contributed by atoms with Gasteiger partial charge in [-0.2, -0.15) is 5.26 Å². The van der Waals surface area contributed by atoms with Gasteiger partial charge >= 0.3 is 0 Å². The van der Waals surface area contributed by atoms with Crippen molar-refractivity contribution in [2.45, 2.75) is 46.1 Å². The van der Waals surface area contributed by atoms with Crippen molar-refractivity contribution in [3.05, 3.63) is 47.9 Å². The van der Waals surface area contributed by atoms with Crippen molar-refractivity contribution >= 4 is 22.5 Å². The molecule has 3 heterocycles. The Kier molecular flexibility index (Phi) is 6.42. The number of hydrogen-bond donors (Lipinski definition) is 1. The van der Waals surface area contributed by atoms with E-state index in [-0.39, 0.29) is 5.41 Å². The quantitative estimate of drug-likeness (QED) is 0.574. The molecule has 7 heteroatoms. The summed E-state index contributed by atoms with van der Waals surface area (Å²) in [7, 11) is 0. The van der Waals surface area contributed by atoms with E-state index in [9.17, 15) is 5.26 Å². The molecule has 1 saturated carbocycles. The van der Waals surface area contributed by atoms with E-state index in [0.717, 1.165) is 61.9 Å². The molecule has 2 atom stereocenters. The maximum atomic E-state index is 9.29. The third-order valence-corrected chi connectivity index (χ3v) is 7.49. The van der Waals surface area contributed by atoms with E-state index in [4.69, 9.17) is 9.72 Å². The van der Waals surface area contributed by atoms with E-state index in [1.54, 1.807) is 0 Å². The van der Waals surface area contributed by atoms with E-state index >= 15 is 0 Å². The number of nitrogens with zero attached hydrogens (tertiary/aromatic N) is 5. The number of anilines is 2. The molecule has 1 N–H and O–H groups in total. The van der Waals surface area contributed by atoms with Gasteiger partial charge in [0.2, 0.25) is 0 Å². The number of ether oxygens (including phenoxy) is 1. The third kappa shape index (κ3) is 4.88. The highest BCUT2D eigenvalue weighted by Gasteiger charge is 2.33. The Morgan fingerprint density at radius 3 is 2.88 bits per heavy atom. The minimum atomic E-state index is 0.217. The van der Waals surface area contributed by atoms with Crippen LogP contribution >= 0.6 is 0 Å². The average Bonchev–Trinajstić information content (AvgIpc) is 3.25. The minimum Gasteiger partial charge on any atom is -0.383 e. The Morgan fingerprint density at radius 1 is 1.24 bits per heavy atom. The fourth-order valence-corrected chi connectivity index (χ4v) is 5.65. The lowest BCUT2D eigenvalue weighted by Crippen LogP contribution is -2.36. The molecule has 3 aromatic rings. The lowest BCUT2D eigenvalue weighted by molar-refractivity contribution is 0.122. The van der Waals surface area contributed by atoms with Crippen LogP contribution in [0.25, 0.3) is 11.0 Å². The van der Waals surface area contributed by atoms with Gasteiger partial charge in [0.25, 0.3) is 0 Å². The number of rotatable bonds is 6. The summed E-state index contributed by atoms with van der Waals surface area (Å²) in [5.41, 5.74) is 5.30. The first-order valence-electron chi connectivity index (χ1n) is 12.4. The van der Waals surface area contributed by atoms with Gasteiger partial charge in [-0.3, -0.25) is 0 Å². The van der Waals surface area contributed by atoms with Gasteiger partial charge < -0.3 is 19.5 Å². The Bertz CT molecular complexity index is 1190. The summed E-state index contributed by atoms with van der Waals surface area (Å²) < 4.78 is 7.70. The van der Waals surface area contributed by atoms with Crippen LogP contribution in [0.5, 0.6) is 0 Å². The second-order valence-electron chi connectivity index (χ2n) is 10.3. The molecule has 178 valence electrons. The van der Waals surface area contributed by atoms with Crippen molar-refractivity contribution in [3.8, 4) is 6.07 Å². The van der Waals surface area contributed by atoms with Gasteiger partial charge in [-0.1, -0.05) is 13.3 Å². The molecule has 0 bridgehead atoms. The van der Waals surface area contributed by atoms with Gasteiger partial charge in [-0.25, -0.2) is 9.97 Å². The van der Waals surface area contributed by atoms with Crippen LogP contribution in [-0.4, -0.2) is 47.4 Å². The van der Waals surface area contributed by atoms with Crippen LogP contribution in [0.15, 0.2) is 36.8 Å². The van der Waals surface area contributed by atoms with E-state index in [2.05, 4.69) is 45.8 Å². The van der Waals surface area contributed by atoms with Crippen LogP contribution in [0.3, 0.4) is 0 Å². The Balaban J connectivity index is 1.22. The number of benzene rings is 1. The molecule has 1 aliphatic heterocycles. The van der Waals surface area contributed by atoms with Gasteiger partial charge in [-0.15, -0.1) is 0 Å². The van der Waals surface area contributed by atoms with E-state index in [1.807, 2.05) is 30.7 Å². The predicted molar refractivity (Wildman–Crippen MR) is 135 cm³/mol. The molecule has 34 heavy (non-hydrogen) atoms. The van der Waals surface area contributed by atoms with E-state index < -0.39 is 0 Å². The fraction of sp³-hybridized carbons (Fsp3) is 0.519. The van der Waals surface area contributed by atoms with Gasteiger partial charge in [0.15, 0.2) is 0 Å². The van der Waals surface area contributed by atoms with Gasteiger partial charge in [0.05, 0.1) is 54.1 Å². The number of pyridine rings is 1. The second-order valence-corrected chi connectivity index (χ2v) is 10.3. The molecule has 0 radical (unpaired) electrons. The maximum absolute atomic E-state index is 9.29. The highest BCUT2D eigenvalue weighted by Crippen LogP contribution is 2.41. The maximum Gasteiger partial charge on any atom is 0.129 e. The normalized spacial score (nSPS) is 23.1. The molecular weight excluding hydrogens is 424 g/mol. The molecule has 2 fully saturated rings. The third-order valence-electron chi connectivity index (χ3n) is 7.49. The minimum absolute atomic E-state index is 0.217. The van der Waals surface area contributed by atoms with E-state index in [0.29, 0.717) is 11.5 Å². The standard InChI is InChI=1S/C27H34N6O/c1-20-12-26(32-8-10-34-11-9-32)30-17-24(20)29-16-22-4-3-7-27(2,14-22)18-33-19-31-23-6-5-21(15-28)13-25(23)33/h5-6,12-13,17,19,22,29H,3-4,7-11,14,16,18H2,1-2H3/t22?,27-/m0/s1. The lowest BCUT2D eigenvalue weighted by atomic mass is 9.70. The van der Waals surface area contributed by atoms with Crippen molar-refractivity contribution in [2.75, 3.05) is 43.1 Å². The van der Waals surface area contributed by atoms with Gasteiger partial charge in [0.1, 0.15) is 5.82 Å². The summed E-state index contributed by atoms with van der Waals surface area (Å²) in [5, 5.41) is 13.0. The smallest absolute Gasteiger partial charge is 0.129 e. The van der Waals surface area contributed by atoms with Crippen molar-refractivity contribution in [3.63, 3.8) is 0 Å². The number of morpholine rings is 1. The van der Waals surface area contributed by atoms with Crippen LogP contribution in [0.4, 0.5) is 11.5 Å². The van der Waals surface area contributed by atoms with Crippen LogP contribution in [0.2, 0.25) is 0 Å². The molecule has 0 amide bonds. The highest BCUT2D eigenvalue weighted by atomic mass is 16.5. The average molecular weight is 459 g/mol. The second kappa shape index (κ2) is 9.63. The molecule has 1 aliphatic carbocycles. The molecule has 1 unspecified atom stereocenters. The number of nitriles is 1. The first kappa shape index (κ1) is 22.7. The zero-order chi connectivity index (χ0) is 23.5. The Morgan fingerprint density at radius 2 is 2.09 bits per heavy atom. The van der Waals surface area contributed by atoms with Crippen molar-refractivity contribution in [2.24, 2.45) is 11.3 Å². The molecule has 0 spiro atoms. The largest absolute Gasteiger partial charge is 0.383 e. The highest BCUT2D eigenvalue weighted by molar-refractivity contribution is 5.77. The van der Waals surface area contributed by atoms with Crippen LogP contribution < -0.4 is 10.2 Å². The summed E-state index contributed by atoms with van der Waals surface area (Å²) in [5.74, 6) is 1.67. The number of fused-ring (bicyclic) bond motifs is 1. The predicted octanol–water partition coefficient (Wildman–Crippen LogP) is 4.76. The molecular formula is C27H34N6O. The molecule has 2 aromatic heterocycles. The topological polar surface area (TPSA) is 79.0 Å². The van der Waals surface area contributed by atoms with Crippen molar-refractivity contribution in [1.29, 1.82) is 5.26 Å². The van der Waals surface area contributed by atoms with Crippen LogP contribution in [-0.2, 0) is 11.3 Å². The first-order valence-corrected chi connectivity index (χ1v) is 12.4. The molecule has 7 nitrogen and oxygen atoms in total. The molecule has 2 aliphatic rings. The zero-order valence-electron chi connectivity index (χ0n) is 20.3. The van der Waals surface area contributed by atoms with Gasteiger partial charge in [0, 0.05) is 26.2 Å². The Hall–Kier alpha value is -3.11. The zero-order valence-corrected chi connectivity index (χ0v) is 20.3. The molecule has 5 rings (SSSR count). The number of nitrogens with one attached hydrogen (secondary N) is 1. The fourth-order valence-electron chi connectivity index (χ4n) is 5.65. The van der Waals surface area contributed by atoms with Crippen molar-refractivity contribution in [1.82, 2.24) is 14.5 Å². The SMILES string of the molecule is Cc1cc(N2CCOCC2)ncc1NCC1CCC[C@](C)(Cn2cnc3ccc(C#N)cc32)C1. The summed E-state index contributed by atoms with van der Waals surface area (Å²) in [6.07, 6.45) is 8.82. The summed E-state index contributed by atoms with van der Waals surface area (Å²) >= 11 is 0. The molecule has 1 aromatic carbocycles. The first-order chi connectivity index (χ1) is 16.5. The summed E-state index contributed by atoms with van der Waals surface area (Å²) in [6, 6.07) is 10.2. The van der Waals surface area contributed by atoms with Crippen LogP contribution in [0, 0.1) is 29.6 Å². The van der Waals surface area contributed by atoms with Crippen LogP contribution in [0.1, 0.15) is 43.7 Å². The number of hydrogen-bond acceptors (Lipinski definition) is 6.